The highest BCUT2D eigenvalue weighted by Crippen LogP contribution is 2.39. The van der Waals surface area contributed by atoms with E-state index in [4.69, 9.17) is 0 Å². The lowest BCUT2D eigenvalue weighted by Gasteiger charge is -2.35. The highest BCUT2D eigenvalue weighted by molar-refractivity contribution is 9.10. The summed E-state index contributed by atoms with van der Waals surface area (Å²) in [5.41, 5.74) is 1.87. The standard InChI is InChI=1S/C29H24BrNO3/c30-25-18-10-11-21(19-25)20-26(27(32)33)31-28(34)29(22-12-4-1-5-13-22,23-14-6-2-7-15-23)24-16-8-3-9-17-24/h1-19,26H,20H2,(H,31,34)(H,32,33)/t26-/m0/s1. The van der Waals surface area contributed by atoms with Crippen LogP contribution in [0.15, 0.2) is 120 Å². The molecule has 0 heterocycles. The third-order valence-corrected chi connectivity index (χ3v) is 6.39. The number of nitrogens with one attached hydrogen (secondary N) is 1. The number of carbonyl (C=O) groups is 2. The normalized spacial score (nSPS) is 12.0. The molecule has 0 spiro atoms. The van der Waals surface area contributed by atoms with E-state index in [1.54, 1.807) is 0 Å². The van der Waals surface area contributed by atoms with Crippen LogP contribution in [-0.2, 0) is 21.4 Å². The van der Waals surface area contributed by atoms with Crippen molar-refractivity contribution >= 4 is 27.8 Å². The number of halogens is 1. The molecule has 0 bridgehead atoms. The van der Waals surface area contributed by atoms with E-state index in [0.29, 0.717) is 0 Å². The summed E-state index contributed by atoms with van der Waals surface area (Å²) in [6.45, 7) is 0. The first-order valence-corrected chi connectivity index (χ1v) is 11.8. The molecular weight excluding hydrogens is 490 g/mol. The molecule has 0 aromatic heterocycles. The Labute approximate surface area is 207 Å². The second kappa shape index (κ2) is 10.5. The van der Waals surface area contributed by atoms with Gasteiger partial charge >= 0.3 is 5.97 Å². The van der Waals surface area contributed by atoms with Crippen LogP contribution in [0.3, 0.4) is 0 Å². The van der Waals surface area contributed by atoms with Crippen molar-refractivity contribution in [1.29, 1.82) is 0 Å². The predicted molar refractivity (Wildman–Crippen MR) is 137 cm³/mol. The second-order valence-electron chi connectivity index (χ2n) is 8.05. The molecular formula is C29H24BrNO3. The van der Waals surface area contributed by atoms with Gasteiger partial charge in [0.25, 0.3) is 0 Å². The lowest BCUT2D eigenvalue weighted by Crippen LogP contribution is -2.52. The van der Waals surface area contributed by atoms with Crippen molar-refractivity contribution < 1.29 is 14.7 Å². The molecule has 0 saturated carbocycles. The number of amides is 1. The van der Waals surface area contributed by atoms with Gasteiger partial charge in [-0.1, -0.05) is 119 Å². The lowest BCUT2D eigenvalue weighted by molar-refractivity contribution is -0.142. The molecule has 0 aliphatic rings. The minimum Gasteiger partial charge on any atom is -0.480 e. The van der Waals surface area contributed by atoms with Crippen LogP contribution < -0.4 is 5.32 Å². The number of rotatable bonds is 8. The molecule has 0 aliphatic heterocycles. The zero-order chi connectivity index (χ0) is 24.0. The number of carboxylic acids is 1. The summed E-state index contributed by atoms with van der Waals surface area (Å²) >= 11 is 3.43. The molecule has 34 heavy (non-hydrogen) atoms. The highest BCUT2D eigenvalue weighted by atomic mass is 79.9. The number of carboxylic acid groups (broad SMARTS) is 1. The van der Waals surface area contributed by atoms with Gasteiger partial charge in [-0.15, -0.1) is 0 Å². The van der Waals surface area contributed by atoms with Crippen LogP contribution in [0.25, 0.3) is 0 Å². The van der Waals surface area contributed by atoms with E-state index in [1.165, 1.54) is 0 Å². The molecule has 0 unspecified atom stereocenters. The van der Waals surface area contributed by atoms with E-state index in [2.05, 4.69) is 21.2 Å². The molecule has 170 valence electrons. The van der Waals surface area contributed by atoms with Gasteiger partial charge in [0.15, 0.2) is 0 Å². The molecule has 0 fully saturated rings. The molecule has 1 atom stereocenters. The number of carbonyl (C=O) groups excluding carboxylic acids is 1. The minimum absolute atomic E-state index is 0.162. The van der Waals surface area contributed by atoms with Crippen LogP contribution in [0.4, 0.5) is 0 Å². The zero-order valence-corrected chi connectivity index (χ0v) is 20.0. The molecule has 0 aliphatic carbocycles. The van der Waals surface area contributed by atoms with Crippen LogP contribution >= 0.6 is 15.9 Å². The molecule has 4 nitrogen and oxygen atoms in total. The first-order chi connectivity index (χ1) is 16.5. The Balaban J connectivity index is 1.84. The van der Waals surface area contributed by atoms with Crippen LogP contribution in [-0.4, -0.2) is 23.0 Å². The highest BCUT2D eigenvalue weighted by Gasteiger charge is 2.45. The maximum Gasteiger partial charge on any atom is 0.326 e. The Morgan fingerprint density at radius 1 is 0.735 bits per heavy atom. The van der Waals surface area contributed by atoms with E-state index >= 15 is 0 Å². The molecule has 2 N–H and O–H groups in total. The van der Waals surface area contributed by atoms with Gasteiger partial charge in [0.2, 0.25) is 5.91 Å². The Morgan fingerprint density at radius 2 is 1.21 bits per heavy atom. The minimum atomic E-state index is -1.23. The Morgan fingerprint density at radius 3 is 1.62 bits per heavy atom. The van der Waals surface area contributed by atoms with Gasteiger partial charge in [0, 0.05) is 10.9 Å². The van der Waals surface area contributed by atoms with Gasteiger partial charge in [-0.05, 0) is 34.4 Å². The van der Waals surface area contributed by atoms with Crippen molar-refractivity contribution in [3.8, 4) is 0 Å². The van der Waals surface area contributed by atoms with E-state index < -0.39 is 23.3 Å². The molecule has 4 aromatic rings. The average molecular weight is 514 g/mol. The summed E-state index contributed by atoms with van der Waals surface area (Å²) in [4.78, 5) is 26.5. The van der Waals surface area contributed by atoms with Gasteiger partial charge in [-0.2, -0.15) is 0 Å². The van der Waals surface area contributed by atoms with Crippen LogP contribution in [0.5, 0.6) is 0 Å². The van der Waals surface area contributed by atoms with Gasteiger partial charge in [0.05, 0.1) is 0 Å². The van der Waals surface area contributed by atoms with Crippen molar-refractivity contribution in [2.75, 3.05) is 0 Å². The molecule has 1 amide bonds. The van der Waals surface area contributed by atoms with Crippen molar-refractivity contribution in [2.24, 2.45) is 0 Å². The first kappa shape index (κ1) is 23.5. The van der Waals surface area contributed by atoms with E-state index in [1.807, 2.05) is 115 Å². The van der Waals surface area contributed by atoms with E-state index in [-0.39, 0.29) is 6.42 Å². The number of aliphatic carboxylic acids is 1. The topological polar surface area (TPSA) is 66.4 Å². The van der Waals surface area contributed by atoms with Crippen molar-refractivity contribution in [1.82, 2.24) is 5.32 Å². The zero-order valence-electron chi connectivity index (χ0n) is 18.4. The molecule has 4 aromatic carbocycles. The summed E-state index contributed by atoms with van der Waals surface area (Å²) in [6.07, 6.45) is 0.162. The second-order valence-corrected chi connectivity index (χ2v) is 8.96. The molecule has 0 saturated heterocycles. The van der Waals surface area contributed by atoms with Crippen LogP contribution in [0, 0.1) is 0 Å². The summed E-state index contributed by atoms with van der Waals surface area (Å²) in [5.74, 6) is -1.48. The summed E-state index contributed by atoms with van der Waals surface area (Å²) in [5, 5.41) is 12.9. The smallest absolute Gasteiger partial charge is 0.326 e. The monoisotopic (exact) mass is 513 g/mol. The maximum absolute atomic E-state index is 14.3. The summed E-state index contributed by atoms with van der Waals surface area (Å²) < 4.78 is 0.854. The summed E-state index contributed by atoms with van der Waals surface area (Å²) in [7, 11) is 0. The quantitative estimate of drug-likeness (QED) is 0.301. The fourth-order valence-electron chi connectivity index (χ4n) is 4.32. The van der Waals surface area contributed by atoms with E-state index in [9.17, 15) is 14.7 Å². The third-order valence-electron chi connectivity index (χ3n) is 5.89. The largest absolute Gasteiger partial charge is 0.480 e. The number of benzene rings is 4. The Hall–Kier alpha value is -3.70. The summed E-state index contributed by atoms with van der Waals surface area (Å²) in [6, 6.07) is 34.8. The third kappa shape index (κ3) is 4.80. The predicted octanol–water partition coefficient (Wildman–Crippen LogP) is 5.60. The molecule has 5 heteroatoms. The average Bonchev–Trinajstić information content (AvgIpc) is 2.86. The van der Waals surface area contributed by atoms with Crippen molar-refractivity contribution in [3.05, 3.63) is 142 Å². The number of hydrogen-bond donors (Lipinski definition) is 2. The van der Waals surface area contributed by atoms with Gasteiger partial charge in [-0.25, -0.2) is 4.79 Å². The van der Waals surface area contributed by atoms with Gasteiger partial charge in [0.1, 0.15) is 11.5 Å². The van der Waals surface area contributed by atoms with Crippen LogP contribution in [0.2, 0.25) is 0 Å². The lowest BCUT2D eigenvalue weighted by atomic mass is 9.68. The van der Waals surface area contributed by atoms with Gasteiger partial charge < -0.3 is 10.4 Å². The number of hydrogen-bond acceptors (Lipinski definition) is 2. The Bertz CT molecular complexity index is 1160. The van der Waals surface area contributed by atoms with Crippen LogP contribution in [0.1, 0.15) is 22.3 Å². The van der Waals surface area contributed by atoms with Crippen molar-refractivity contribution in [2.45, 2.75) is 17.9 Å². The fraction of sp³-hybridized carbons (Fsp3) is 0.103. The SMILES string of the molecule is O=C(O)[C@H](Cc1cccc(Br)c1)NC(=O)C(c1ccccc1)(c1ccccc1)c1ccccc1. The maximum atomic E-state index is 14.3. The van der Waals surface area contributed by atoms with Gasteiger partial charge in [-0.3, -0.25) is 4.79 Å². The van der Waals surface area contributed by atoms with E-state index in [0.717, 1.165) is 26.7 Å². The molecule has 4 rings (SSSR count). The Kier molecular flexibility index (Phi) is 7.24. The van der Waals surface area contributed by atoms with Crippen molar-refractivity contribution in [3.63, 3.8) is 0 Å². The molecule has 0 radical (unpaired) electrons. The first-order valence-electron chi connectivity index (χ1n) is 11.0. The fourth-order valence-corrected chi connectivity index (χ4v) is 4.77.